The van der Waals surface area contributed by atoms with Crippen LogP contribution in [-0.4, -0.2) is 24.6 Å². The van der Waals surface area contributed by atoms with Gasteiger partial charge in [-0.2, -0.15) is 0 Å². The second kappa shape index (κ2) is 5.94. The molecule has 4 N–H and O–H groups in total. The average molecular weight is 274 g/mol. The van der Waals surface area contributed by atoms with Gasteiger partial charge in [0, 0.05) is 36.4 Å². The van der Waals surface area contributed by atoms with Gasteiger partial charge in [-0.25, -0.2) is 4.99 Å². The van der Waals surface area contributed by atoms with Crippen LogP contribution < -0.4 is 11.5 Å². The highest BCUT2D eigenvalue weighted by molar-refractivity contribution is 6.24. The molecule has 0 aromatic carbocycles. The maximum absolute atomic E-state index is 6.25. The SMILES string of the molecule is C=C(N)N=C(C)C1=C(N)CC(C2CC=CO2)CC1=NC. The third kappa shape index (κ3) is 2.92. The summed E-state index contributed by atoms with van der Waals surface area (Å²) in [7, 11) is 1.78. The number of nitrogens with two attached hydrogens (primary N) is 2. The lowest BCUT2D eigenvalue weighted by Gasteiger charge is -2.30. The van der Waals surface area contributed by atoms with E-state index in [1.54, 1.807) is 13.3 Å². The molecule has 0 aromatic rings. The number of ether oxygens (including phenoxy) is 1. The Bertz CT molecular complexity index is 520. The van der Waals surface area contributed by atoms with Gasteiger partial charge in [-0.3, -0.25) is 4.99 Å². The first kappa shape index (κ1) is 14.4. The molecule has 0 amide bonds. The summed E-state index contributed by atoms with van der Waals surface area (Å²) in [6, 6.07) is 0. The van der Waals surface area contributed by atoms with Crippen LogP contribution >= 0.6 is 0 Å². The number of allylic oxidation sites excluding steroid dienone is 2. The Morgan fingerprint density at radius 2 is 2.20 bits per heavy atom. The fraction of sp³-hybridized carbons (Fsp3) is 0.467. The molecular formula is C15H22N4O. The lowest BCUT2D eigenvalue weighted by atomic mass is 9.80. The Morgan fingerprint density at radius 1 is 1.45 bits per heavy atom. The molecule has 2 unspecified atom stereocenters. The lowest BCUT2D eigenvalue weighted by molar-refractivity contribution is 0.110. The zero-order chi connectivity index (χ0) is 14.7. The zero-order valence-corrected chi connectivity index (χ0v) is 12.1. The van der Waals surface area contributed by atoms with Crippen LogP contribution in [-0.2, 0) is 4.74 Å². The van der Waals surface area contributed by atoms with E-state index >= 15 is 0 Å². The number of aliphatic imine (C=N–C) groups is 2. The Labute approximate surface area is 119 Å². The van der Waals surface area contributed by atoms with Gasteiger partial charge in [0.05, 0.1) is 12.0 Å². The van der Waals surface area contributed by atoms with Gasteiger partial charge >= 0.3 is 0 Å². The fourth-order valence-electron chi connectivity index (χ4n) is 2.88. The Hall–Kier alpha value is -2.04. The number of hydrogen-bond donors (Lipinski definition) is 2. The van der Waals surface area contributed by atoms with Crippen LogP contribution in [0.2, 0.25) is 0 Å². The predicted octanol–water partition coefficient (Wildman–Crippen LogP) is 1.87. The van der Waals surface area contributed by atoms with Crippen molar-refractivity contribution >= 4 is 11.4 Å². The van der Waals surface area contributed by atoms with Crippen LogP contribution in [0, 0.1) is 5.92 Å². The Balaban J connectivity index is 2.27. The smallest absolute Gasteiger partial charge is 0.116 e. The molecule has 1 heterocycles. The highest BCUT2D eigenvalue weighted by Crippen LogP contribution is 2.33. The van der Waals surface area contributed by atoms with Crippen molar-refractivity contribution in [3.63, 3.8) is 0 Å². The van der Waals surface area contributed by atoms with Crippen molar-refractivity contribution in [1.82, 2.24) is 0 Å². The van der Waals surface area contributed by atoms with E-state index in [0.717, 1.165) is 42.0 Å². The normalized spacial score (nSPS) is 28.9. The monoisotopic (exact) mass is 274 g/mol. The summed E-state index contributed by atoms with van der Waals surface area (Å²) in [4.78, 5) is 8.59. The molecular weight excluding hydrogens is 252 g/mol. The summed E-state index contributed by atoms with van der Waals surface area (Å²) in [5, 5.41) is 0. The molecule has 0 bridgehead atoms. The summed E-state index contributed by atoms with van der Waals surface area (Å²) in [5.74, 6) is 0.644. The van der Waals surface area contributed by atoms with Crippen molar-refractivity contribution in [1.29, 1.82) is 0 Å². The highest BCUT2D eigenvalue weighted by atomic mass is 16.5. The van der Waals surface area contributed by atoms with Gasteiger partial charge in [-0.05, 0) is 25.8 Å². The largest absolute Gasteiger partial charge is 0.498 e. The van der Waals surface area contributed by atoms with E-state index in [2.05, 4.69) is 16.6 Å². The Kier molecular flexibility index (Phi) is 4.27. The van der Waals surface area contributed by atoms with E-state index in [9.17, 15) is 0 Å². The molecule has 0 saturated carbocycles. The topological polar surface area (TPSA) is 86.0 Å². The molecule has 0 radical (unpaired) electrons. The molecule has 20 heavy (non-hydrogen) atoms. The van der Waals surface area contributed by atoms with Crippen LogP contribution in [0.15, 0.2) is 46.0 Å². The minimum atomic E-state index is 0.202. The number of rotatable bonds is 3. The van der Waals surface area contributed by atoms with Crippen molar-refractivity contribution < 1.29 is 4.74 Å². The molecule has 2 aliphatic rings. The molecule has 2 rings (SSSR count). The Morgan fingerprint density at radius 3 is 2.75 bits per heavy atom. The van der Waals surface area contributed by atoms with Crippen LogP contribution in [0.5, 0.6) is 0 Å². The van der Waals surface area contributed by atoms with E-state index in [0.29, 0.717) is 5.92 Å². The molecule has 1 aliphatic carbocycles. The maximum Gasteiger partial charge on any atom is 0.116 e. The summed E-state index contributed by atoms with van der Waals surface area (Å²) in [5.41, 5.74) is 15.3. The summed E-state index contributed by atoms with van der Waals surface area (Å²) < 4.78 is 5.62. The van der Waals surface area contributed by atoms with Gasteiger partial charge in [-0.15, -0.1) is 0 Å². The molecule has 0 fully saturated rings. The first-order valence-electron chi connectivity index (χ1n) is 6.78. The first-order chi connectivity index (χ1) is 9.52. The highest BCUT2D eigenvalue weighted by Gasteiger charge is 2.32. The van der Waals surface area contributed by atoms with Gasteiger partial charge in [0.1, 0.15) is 11.9 Å². The van der Waals surface area contributed by atoms with Crippen LogP contribution in [0.1, 0.15) is 26.2 Å². The maximum atomic E-state index is 6.25. The zero-order valence-electron chi connectivity index (χ0n) is 12.1. The molecule has 0 aromatic heterocycles. The van der Waals surface area contributed by atoms with E-state index in [1.807, 2.05) is 13.0 Å². The average Bonchev–Trinajstić information content (AvgIpc) is 2.90. The minimum Gasteiger partial charge on any atom is -0.498 e. The molecule has 5 heteroatoms. The molecule has 5 nitrogen and oxygen atoms in total. The van der Waals surface area contributed by atoms with Crippen LogP contribution in [0.25, 0.3) is 0 Å². The molecule has 0 spiro atoms. The van der Waals surface area contributed by atoms with Gasteiger partial charge in [0.15, 0.2) is 0 Å². The van der Waals surface area contributed by atoms with E-state index in [1.165, 1.54) is 0 Å². The predicted molar refractivity (Wildman–Crippen MR) is 82.4 cm³/mol. The van der Waals surface area contributed by atoms with Crippen molar-refractivity contribution in [2.45, 2.75) is 32.3 Å². The van der Waals surface area contributed by atoms with Crippen molar-refractivity contribution in [3.05, 3.63) is 36.0 Å². The van der Waals surface area contributed by atoms with Crippen molar-refractivity contribution in [3.8, 4) is 0 Å². The van der Waals surface area contributed by atoms with Crippen molar-refractivity contribution in [2.75, 3.05) is 7.05 Å². The van der Waals surface area contributed by atoms with Gasteiger partial charge < -0.3 is 16.2 Å². The number of nitrogens with zero attached hydrogens (tertiary/aromatic N) is 2. The van der Waals surface area contributed by atoms with Crippen LogP contribution in [0.3, 0.4) is 0 Å². The fourth-order valence-corrected chi connectivity index (χ4v) is 2.88. The van der Waals surface area contributed by atoms with Crippen LogP contribution in [0.4, 0.5) is 0 Å². The summed E-state index contributed by atoms with van der Waals surface area (Å²) in [6.45, 7) is 5.49. The van der Waals surface area contributed by atoms with Gasteiger partial charge in [0.2, 0.25) is 0 Å². The first-order valence-corrected chi connectivity index (χ1v) is 6.78. The van der Waals surface area contributed by atoms with Gasteiger partial charge in [0.25, 0.3) is 0 Å². The molecule has 0 saturated heterocycles. The van der Waals surface area contributed by atoms with E-state index < -0.39 is 0 Å². The third-order valence-electron chi connectivity index (χ3n) is 3.73. The summed E-state index contributed by atoms with van der Waals surface area (Å²) >= 11 is 0. The third-order valence-corrected chi connectivity index (χ3v) is 3.73. The number of hydrogen-bond acceptors (Lipinski definition) is 5. The van der Waals surface area contributed by atoms with E-state index in [-0.39, 0.29) is 11.9 Å². The standard InChI is InChI=1S/C15H22N4O/c1-9(19-10(2)16)15-12(17)7-11(8-13(15)18-3)14-5-4-6-20-14/h4,6,11,14H,2,5,7-8,16-17H2,1,3H3. The molecule has 108 valence electrons. The van der Waals surface area contributed by atoms with Crippen molar-refractivity contribution in [2.24, 2.45) is 27.4 Å². The van der Waals surface area contributed by atoms with Gasteiger partial charge in [-0.1, -0.05) is 6.58 Å². The van der Waals surface area contributed by atoms with E-state index in [4.69, 9.17) is 16.2 Å². The molecule has 1 aliphatic heterocycles. The lowest BCUT2D eigenvalue weighted by Crippen LogP contribution is -2.32. The summed E-state index contributed by atoms with van der Waals surface area (Å²) in [6.07, 6.45) is 6.61. The quantitative estimate of drug-likeness (QED) is 0.770. The second-order valence-corrected chi connectivity index (χ2v) is 5.21. The minimum absolute atomic E-state index is 0.202. The second-order valence-electron chi connectivity index (χ2n) is 5.21. The molecule has 2 atom stereocenters.